The Hall–Kier alpha value is -1.37. The number of nitriles is 1. The van der Waals surface area contributed by atoms with Crippen molar-refractivity contribution in [1.29, 1.82) is 5.26 Å². The number of benzene rings is 1. The predicted octanol–water partition coefficient (Wildman–Crippen LogP) is 2.33. The lowest BCUT2D eigenvalue weighted by atomic mass is 10.0. The van der Waals surface area contributed by atoms with Gasteiger partial charge >= 0.3 is 0 Å². The average Bonchev–Trinajstić information content (AvgIpc) is 2.64. The van der Waals surface area contributed by atoms with Crippen LogP contribution in [0.3, 0.4) is 0 Å². The zero-order valence-corrected chi connectivity index (χ0v) is 11.7. The number of aryl methyl sites for hydroxylation is 1. The van der Waals surface area contributed by atoms with Crippen LogP contribution in [0.25, 0.3) is 0 Å². The lowest BCUT2D eigenvalue weighted by Gasteiger charge is -2.23. The first-order valence-corrected chi connectivity index (χ1v) is 7.25. The molecule has 3 nitrogen and oxygen atoms in total. The number of hydrogen-bond donors (Lipinski definition) is 1. The highest BCUT2D eigenvalue weighted by molar-refractivity contribution is 5.28. The first kappa shape index (κ1) is 14.0. The summed E-state index contributed by atoms with van der Waals surface area (Å²) in [5.41, 5.74) is 2.90. The van der Waals surface area contributed by atoms with Crippen molar-refractivity contribution in [3.05, 3.63) is 35.4 Å². The molecular formula is C16H23N3. The second-order valence-corrected chi connectivity index (χ2v) is 5.24. The molecule has 0 radical (unpaired) electrons. The van der Waals surface area contributed by atoms with E-state index in [0.29, 0.717) is 0 Å². The minimum atomic E-state index is -0.0507. The van der Waals surface area contributed by atoms with E-state index in [1.807, 2.05) is 0 Å². The molecule has 0 spiro atoms. The molecule has 0 amide bonds. The maximum atomic E-state index is 9.21. The third-order valence-corrected chi connectivity index (χ3v) is 3.67. The van der Waals surface area contributed by atoms with Crippen LogP contribution >= 0.6 is 0 Å². The van der Waals surface area contributed by atoms with Gasteiger partial charge in [-0.1, -0.05) is 31.2 Å². The van der Waals surface area contributed by atoms with Gasteiger partial charge in [0.25, 0.3) is 0 Å². The van der Waals surface area contributed by atoms with Gasteiger partial charge in [-0.05, 0) is 43.5 Å². The van der Waals surface area contributed by atoms with Gasteiger partial charge in [0, 0.05) is 13.1 Å². The van der Waals surface area contributed by atoms with E-state index in [2.05, 4.69) is 47.5 Å². The van der Waals surface area contributed by atoms with E-state index in [9.17, 15) is 5.26 Å². The van der Waals surface area contributed by atoms with E-state index in [4.69, 9.17) is 0 Å². The van der Waals surface area contributed by atoms with E-state index in [1.54, 1.807) is 0 Å². The average molecular weight is 257 g/mol. The van der Waals surface area contributed by atoms with Gasteiger partial charge in [-0.2, -0.15) is 5.26 Å². The van der Waals surface area contributed by atoms with E-state index in [1.165, 1.54) is 17.5 Å². The summed E-state index contributed by atoms with van der Waals surface area (Å²) in [4.78, 5) is 2.41. The van der Waals surface area contributed by atoms with Crippen LogP contribution in [-0.2, 0) is 13.0 Å². The largest absolute Gasteiger partial charge is 0.301 e. The highest BCUT2D eigenvalue weighted by Crippen LogP contribution is 2.18. The Balaban J connectivity index is 1.96. The van der Waals surface area contributed by atoms with Crippen LogP contribution in [-0.4, -0.2) is 30.6 Å². The molecule has 0 fully saturated rings. The Labute approximate surface area is 116 Å². The molecule has 1 atom stereocenters. The fraction of sp³-hybridized carbons (Fsp3) is 0.562. The van der Waals surface area contributed by atoms with Crippen LogP contribution in [0.15, 0.2) is 24.3 Å². The van der Waals surface area contributed by atoms with Crippen LogP contribution in [0, 0.1) is 11.3 Å². The molecule has 1 unspecified atom stereocenters. The Morgan fingerprint density at radius 3 is 2.89 bits per heavy atom. The Kier molecular flexibility index (Phi) is 5.38. The van der Waals surface area contributed by atoms with E-state index < -0.39 is 0 Å². The molecule has 1 N–H and O–H groups in total. The van der Waals surface area contributed by atoms with Gasteiger partial charge in [0.2, 0.25) is 0 Å². The summed E-state index contributed by atoms with van der Waals surface area (Å²) >= 11 is 0. The normalized spacial score (nSPS) is 17.3. The Morgan fingerprint density at radius 1 is 1.37 bits per heavy atom. The topological polar surface area (TPSA) is 39.1 Å². The van der Waals surface area contributed by atoms with Crippen LogP contribution < -0.4 is 5.32 Å². The molecule has 1 aliphatic rings. The first-order chi connectivity index (χ1) is 9.33. The van der Waals surface area contributed by atoms with Crippen molar-refractivity contribution in [3.63, 3.8) is 0 Å². The summed E-state index contributed by atoms with van der Waals surface area (Å²) in [5, 5.41) is 12.5. The van der Waals surface area contributed by atoms with Gasteiger partial charge < -0.3 is 5.32 Å². The van der Waals surface area contributed by atoms with Gasteiger partial charge in [0.1, 0.15) is 6.04 Å². The van der Waals surface area contributed by atoms with Crippen LogP contribution in [0.5, 0.6) is 0 Å². The highest BCUT2D eigenvalue weighted by atomic mass is 15.1. The van der Waals surface area contributed by atoms with Gasteiger partial charge in [-0.15, -0.1) is 0 Å². The summed E-state index contributed by atoms with van der Waals surface area (Å²) < 4.78 is 0. The minimum Gasteiger partial charge on any atom is -0.301 e. The van der Waals surface area contributed by atoms with Gasteiger partial charge in [0.05, 0.1) is 6.07 Å². The van der Waals surface area contributed by atoms with Crippen molar-refractivity contribution in [2.24, 2.45) is 0 Å². The molecule has 1 aromatic rings. The van der Waals surface area contributed by atoms with E-state index in [-0.39, 0.29) is 6.04 Å². The van der Waals surface area contributed by atoms with Crippen LogP contribution in [0.1, 0.15) is 30.9 Å². The summed E-state index contributed by atoms with van der Waals surface area (Å²) in [5.74, 6) is 0. The molecule has 0 aliphatic carbocycles. The van der Waals surface area contributed by atoms with Crippen LogP contribution in [0.4, 0.5) is 0 Å². The lowest BCUT2D eigenvalue weighted by Crippen LogP contribution is -2.40. The molecule has 0 saturated carbocycles. The zero-order chi connectivity index (χ0) is 13.5. The molecule has 1 aliphatic heterocycles. The highest BCUT2D eigenvalue weighted by Gasteiger charge is 2.17. The maximum Gasteiger partial charge on any atom is 0.108 e. The Morgan fingerprint density at radius 2 is 2.16 bits per heavy atom. The van der Waals surface area contributed by atoms with Crippen molar-refractivity contribution < 1.29 is 0 Å². The maximum absolute atomic E-state index is 9.21. The lowest BCUT2D eigenvalue weighted by molar-refractivity contribution is 0.253. The zero-order valence-electron chi connectivity index (χ0n) is 11.7. The molecule has 0 bridgehead atoms. The monoisotopic (exact) mass is 257 g/mol. The van der Waals surface area contributed by atoms with Crippen molar-refractivity contribution in [2.75, 3.05) is 19.6 Å². The molecule has 1 aromatic carbocycles. The van der Waals surface area contributed by atoms with E-state index >= 15 is 0 Å². The fourth-order valence-electron chi connectivity index (χ4n) is 2.65. The fourth-order valence-corrected chi connectivity index (χ4v) is 2.65. The molecule has 0 saturated heterocycles. The summed E-state index contributed by atoms with van der Waals surface area (Å²) in [6.45, 7) is 5.93. The standard InChI is InChI=1S/C16H23N3/c1-2-9-18-16(11-17)13-19-10-5-8-14-6-3-4-7-15(14)12-19/h3-4,6-7,16,18H,2,5,8-10,12-13H2,1H3. The summed E-state index contributed by atoms with van der Waals surface area (Å²) in [6, 6.07) is 11.0. The summed E-state index contributed by atoms with van der Waals surface area (Å²) in [7, 11) is 0. The predicted molar refractivity (Wildman–Crippen MR) is 77.7 cm³/mol. The first-order valence-electron chi connectivity index (χ1n) is 7.25. The number of nitrogens with one attached hydrogen (secondary N) is 1. The van der Waals surface area contributed by atoms with Crippen LogP contribution in [0.2, 0.25) is 0 Å². The molecule has 1 heterocycles. The van der Waals surface area contributed by atoms with Gasteiger partial charge in [-0.25, -0.2) is 0 Å². The smallest absolute Gasteiger partial charge is 0.108 e. The number of nitrogens with zero attached hydrogens (tertiary/aromatic N) is 2. The van der Waals surface area contributed by atoms with Crippen molar-refractivity contribution in [2.45, 2.75) is 38.8 Å². The molecular weight excluding hydrogens is 234 g/mol. The second-order valence-electron chi connectivity index (χ2n) is 5.24. The number of fused-ring (bicyclic) bond motifs is 1. The third-order valence-electron chi connectivity index (χ3n) is 3.67. The number of rotatable bonds is 5. The minimum absolute atomic E-state index is 0.0507. The van der Waals surface area contributed by atoms with E-state index in [0.717, 1.165) is 39.0 Å². The molecule has 3 heteroatoms. The molecule has 102 valence electrons. The third kappa shape index (κ3) is 4.05. The Bertz CT molecular complexity index is 436. The molecule has 2 rings (SSSR count). The molecule has 19 heavy (non-hydrogen) atoms. The van der Waals surface area contributed by atoms with Gasteiger partial charge in [-0.3, -0.25) is 4.90 Å². The quantitative estimate of drug-likeness (QED) is 0.880. The van der Waals surface area contributed by atoms with Crippen molar-refractivity contribution in [3.8, 4) is 6.07 Å². The molecule has 0 aromatic heterocycles. The van der Waals surface area contributed by atoms with Crippen molar-refractivity contribution >= 4 is 0 Å². The van der Waals surface area contributed by atoms with Crippen molar-refractivity contribution in [1.82, 2.24) is 10.2 Å². The SMILES string of the molecule is CCCNC(C#N)CN1CCCc2ccccc2C1. The van der Waals surface area contributed by atoms with Gasteiger partial charge in [0.15, 0.2) is 0 Å². The second kappa shape index (κ2) is 7.28. The number of hydrogen-bond acceptors (Lipinski definition) is 3. The summed E-state index contributed by atoms with van der Waals surface area (Å²) in [6.07, 6.45) is 3.41.